The van der Waals surface area contributed by atoms with Crippen molar-refractivity contribution in [3.63, 3.8) is 0 Å². The van der Waals surface area contributed by atoms with E-state index in [9.17, 15) is 0 Å². The summed E-state index contributed by atoms with van der Waals surface area (Å²) in [5.41, 5.74) is 1.30. The average Bonchev–Trinajstić information content (AvgIpc) is 2.77. The van der Waals surface area contributed by atoms with Crippen LogP contribution in [0.3, 0.4) is 0 Å². The molecule has 1 N–H and O–H groups in total. The van der Waals surface area contributed by atoms with Gasteiger partial charge in [-0.3, -0.25) is 4.90 Å². The first-order chi connectivity index (χ1) is 8.77. The molecule has 0 fully saturated rings. The third kappa shape index (κ3) is 5.69. The largest absolute Gasteiger partial charge is 0.468 e. The predicted octanol–water partition coefficient (Wildman–Crippen LogP) is 3.40. The van der Waals surface area contributed by atoms with Crippen LogP contribution in [-0.4, -0.2) is 25.0 Å². The molecule has 0 aromatic carbocycles. The van der Waals surface area contributed by atoms with Gasteiger partial charge in [0.2, 0.25) is 0 Å². The van der Waals surface area contributed by atoms with Gasteiger partial charge < -0.3 is 9.73 Å². The van der Waals surface area contributed by atoms with Crippen LogP contribution in [0.1, 0.15) is 50.9 Å². The van der Waals surface area contributed by atoms with Gasteiger partial charge in [0.1, 0.15) is 5.76 Å². The summed E-state index contributed by atoms with van der Waals surface area (Å²) in [6.45, 7) is 8.48. The number of hydrogen-bond acceptors (Lipinski definition) is 3. The molecule has 0 atom stereocenters. The van der Waals surface area contributed by atoms with Gasteiger partial charge in [-0.1, -0.05) is 26.7 Å². The molecular formula is C15H28N2O. The average molecular weight is 252 g/mol. The van der Waals surface area contributed by atoms with Gasteiger partial charge in [-0.05, 0) is 39.0 Å². The molecular weight excluding hydrogens is 224 g/mol. The van der Waals surface area contributed by atoms with E-state index in [1.165, 1.54) is 31.2 Å². The van der Waals surface area contributed by atoms with E-state index in [1.54, 1.807) is 6.26 Å². The molecule has 0 bridgehead atoms. The van der Waals surface area contributed by atoms with Gasteiger partial charge in [0, 0.05) is 12.1 Å². The minimum absolute atomic E-state index is 0.917. The van der Waals surface area contributed by atoms with Crippen molar-refractivity contribution in [2.45, 2.75) is 52.6 Å². The molecule has 1 aromatic rings. The number of furan rings is 1. The standard InChI is InChI=1S/C15H28N2O/c1-4-6-7-10-17(3)13-15-14(8-11-18-15)12-16-9-5-2/h8,11,16H,4-7,9-10,12-13H2,1-3H3. The molecule has 1 aromatic heterocycles. The van der Waals surface area contributed by atoms with Crippen molar-refractivity contribution in [2.24, 2.45) is 0 Å². The number of hydrogen-bond donors (Lipinski definition) is 1. The summed E-state index contributed by atoms with van der Waals surface area (Å²) < 4.78 is 5.59. The molecule has 104 valence electrons. The summed E-state index contributed by atoms with van der Waals surface area (Å²) in [6, 6.07) is 2.08. The fourth-order valence-electron chi connectivity index (χ4n) is 2.02. The lowest BCUT2D eigenvalue weighted by Gasteiger charge is -2.15. The summed E-state index contributed by atoms with van der Waals surface area (Å²) in [5.74, 6) is 1.11. The molecule has 0 aliphatic heterocycles. The molecule has 1 rings (SSSR count). The van der Waals surface area contributed by atoms with Gasteiger partial charge >= 0.3 is 0 Å². The summed E-state index contributed by atoms with van der Waals surface area (Å²) in [7, 11) is 2.17. The van der Waals surface area contributed by atoms with E-state index in [0.717, 1.165) is 31.9 Å². The molecule has 3 heteroatoms. The van der Waals surface area contributed by atoms with Crippen LogP contribution in [-0.2, 0) is 13.1 Å². The van der Waals surface area contributed by atoms with Crippen LogP contribution in [0.25, 0.3) is 0 Å². The van der Waals surface area contributed by atoms with Crippen molar-refractivity contribution in [3.8, 4) is 0 Å². The number of rotatable bonds is 10. The second-order valence-corrected chi connectivity index (χ2v) is 4.99. The maximum atomic E-state index is 5.59. The predicted molar refractivity (Wildman–Crippen MR) is 76.6 cm³/mol. The Morgan fingerprint density at radius 1 is 1.22 bits per heavy atom. The summed E-state index contributed by atoms with van der Waals surface area (Å²) in [5, 5.41) is 3.42. The van der Waals surface area contributed by atoms with Crippen molar-refractivity contribution < 1.29 is 4.42 Å². The molecule has 0 aliphatic rings. The van der Waals surface area contributed by atoms with Crippen molar-refractivity contribution in [2.75, 3.05) is 20.1 Å². The maximum Gasteiger partial charge on any atom is 0.122 e. The number of nitrogens with zero attached hydrogens (tertiary/aromatic N) is 1. The first-order valence-electron chi connectivity index (χ1n) is 7.22. The fraction of sp³-hybridized carbons (Fsp3) is 0.733. The van der Waals surface area contributed by atoms with Gasteiger partial charge in [-0.25, -0.2) is 0 Å². The summed E-state index contributed by atoms with van der Waals surface area (Å²) in [6.07, 6.45) is 6.84. The lowest BCUT2D eigenvalue weighted by molar-refractivity contribution is 0.287. The van der Waals surface area contributed by atoms with Crippen molar-refractivity contribution in [1.29, 1.82) is 0 Å². The molecule has 0 saturated carbocycles. The minimum atomic E-state index is 0.917. The van der Waals surface area contributed by atoms with Gasteiger partial charge in [0.25, 0.3) is 0 Å². The van der Waals surface area contributed by atoms with Crippen LogP contribution in [0, 0.1) is 0 Å². The van der Waals surface area contributed by atoms with Gasteiger partial charge in [0.15, 0.2) is 0 Å². The number of nitrogens with one attached hydrogen (secondary N) is 1. The van der Waals surface area contributed by atoms with Crippen LogP contribution >= 0.6 is 0 Å². The normalized spacial score (nSPS) is 11.3. The third-order valence-corrected chi connectivity index (χ3v) is 3.14. The highest BCUT2D eigenvalue weighted by molar-refractivity contribution is 5.16. The van der Waals surface area contributed by atoms with E-state index in [-0.39, 0.29) is 0 Å². The summed E-state index contributed by atoms with van der Waals surface area (Å²) in [4.78, 5) is 2.35. The second kappa shape index (κ2) is 9.17. The van der Waals surface area contributed by atoms with Crippen molar-refractivity contribution in [1.82, 2.24) is 10.2 Å². The molecule has 0 spiro atoms. The van der Waals surface area contributed by atoms with Gasteiger partial charge in [0.05, 0.1) is 12.8 Å². The van der Waals surface area contributed by atoms with Crippen LogP contribution in [0.15, 0.2) is 16.7 Å². The van der Waals surface area contributed by atoms with Gasteiger partial charge in [-0.2, -0.15) is 0 Å². The Labute approximate surface area is 112 Å². The first-order valence-corrected chi connectivity index (χ1v) is 7.22. The van der Waals surface area contributed by atoms with Crippen LogP contribution in [0.5, 0.6) is 0 Å². The fourth-order valence-corrected chi connectivity index (χ4v) is 2.02. The Hall–Kier alpha value is -0.800. The van der Waals surface area contributed by atoms with E-state index in [4.69, 9.17) is 4.42 Å². The maximum absolute atomic E-state index is 5.59. The zero-order valence-corrected chi connectivity index (χ0v) is 12.2. The van der Waals surface area contributed by atoms with Crippen molar-refractivity contribution >= 4 is 0 Å². The Balaban J connectivity index is 2.34. The lowest BCUT2D eigenvalue weighted by Crippen LogP contribution is -2.20. The van der Waals surface area contributed by atoms with Gasteiger partial charge in [-0.15, -0.1) is 0 Å². The van der Waals surface area contributed by atoms with E-state index in [0.29, 0.717) is 0 Å². The van der Waals surface area contributed by atoms with Crippen LogP contribution in [0.2, 0.25) is 0 Å². The van der Waals surface area contributed by atoms with E-state index < -0.39 is 0 Å². The van der Waals surface area contributed by atoms with Crippen LogP contribution in [0.4, 0.5) is 0 Å². The lowest BCUT2D eigenvalue weighted by atomic mass is 10.2. The van der Waals surface area contributed by atoms with Crippen LogP contribution < -0.4 is 5.32 Å². The third-order valence-electron chi connectivity index (χ3n) is 3.14. The first kappa shape index (κ1) is 15.3. The molecule has 0 unspecified atom stereocenters. The topological polar surface area (TPSA) is 28.4 Å². The molecule has 3 nitrogen and oxygen atoms in total. The molecule has 0 aliphatic carbocycles. The molecule has 0 amide bonds. The SMILES string of the molecule is CCCCCN(C)Cc1occc1CNCCC. The zero-order chi connectivity index (χ0) is 13.2. The van der Waals surface area contributed by atoms with E-state index >= 15 is 0 Å². The Morgan fingerprint density at radius 2 is 2.06 bits per heavy atom. The second-order valence-electron chi connectivity index (χ2n) is 4.99. The highest BCUT2D eigenvalue weighted by Crippen LogP contribution is 2.13. The Morgan fingerprint density at radius 3 is 2.78 bits per heavy atom. The highest BCUT2D eigenvalue weighted by atomic mass is 16.3. The molecule has 1 heterocycles. The van der Waals surface area contributed by atoms with E-state index in [2.05, 4.69) is 37.2 Å². The number of unbranched alkanes of at least 4 members (excludes halogenated alkanes) is 2. The highest BCUT2D eigenvalue weighted by Gasteiger charge is 2.08. The Bertz CT molecular complexity index is 309. The molecule has 0 radical (unpaired) electrons. The quantitative estimate of drug-likeness (QED) is 0.647. The Kier molecular flexibility index (Phi) is 7.78. The molecule has 0 saturated heterocycles. The summed E-state index contributed by atoms with van der Waals surface area (Å²) >= 11 is 0. The minimum Gasteiger partial charge on any atom is -0.468 e. The van der Waals surface area contributed by atoms with E-state index in [1.807, 2.05) is 0 Å². The van der Waals surface area contributed by atoms with Crippen molar-refractivity contribution in [3.05, 3.63) is 23.7 Å². The monoisotopic (exact) mass is 252 g/mol. The zero-order valence-electron chi connectivity index (χ0n) is 12.2. The molecule has 18 heavy (non-hydrogen) atoms. The smallest absolute Gasteiger partial charge is 0.122 e.